The maximum Gasteiger partial charge on any atom is 0.275 e. The van der Waals surface area contributed by atoms with Crippen molar-refractivity contribution < 1.29 is 9.59 Å². The molecule has 2 heterocycles. The first kappa shape index (κ1) is 15.8. The zero-order chi connectivity index (χ0) is 16.2. The molecular weight excluding hydrogens is 425 g/mol. The third-order valence-corrected chi connectivity index (χ3v) is 4.60. The smallest absolute Gasteiger partial charge is 0.275 e. The van der Waals surface area contributed by atoms with E-state index in [1.54, 1.807) is 29.9 Å². The van der Waals surface area contributed by atoms with E-state index in [0.29, 0.717) is 16.9 Å². The molecule has 0 unspecified atom stereocenters. The number of nitrogens with zero attached hydrogens (tertiary/aromatic N) is 2. The van der Waals surface area contributed by atoms with Crippen LogP contribution in [0.5, 0.6) is 0 Å². The summed E-state index contributed by atoms with van der Waals surface area (Å²) in [4.78, 5) is 31.8. The number of thiazole rings is 1. The first-order chi connectivity index (χ1) is 11.2. The molecule has 114 valence electrons. The van der Waals surface area contributed by atoms with Crippen molar-refractivity contribution in [2.24, 2.45) is 0 Å². The van der Waals surface area contributed by atoms with Crippen molar-refractivity contribution in [1.29, 1.82) is 0 Å². The van der Waals surface area contributed by atoms with Gasteiger partial charge in [0, 0.05) is 32.5 Å². The lowest BCUT2D eigenvalue weighted by atomic mass is 10.2. The largest absolute Gasteiger partial charge is 0.320 e. The molecule has 1 amide bonds. The zero-order valence-corrected chi connectivity index (χ0v) is 14.7. The van der Waals surface area contributed by atoms with E-state index in [1.807, 2.05) is 18.2 Å². The number of carbonyl (C=O) groups excluding carboxylic acids is 2. The van der Waals surface area contributed by atoms with Gasteiger partial charge in [0.05, 0.1) is 5.69 Å². The normalized spacial score (nSPS) is 10.3. The Morgan fingerprint density at radius 2 is 2.17 bits per heavy atom. The van der Waals surface area contributed by atoms with E-state index in [1.165, 1.54) is 11.3 Å². The van der Waals surface area contributed by atoms with Crippen LogP contribution in [0.3, 0.4) is 0 Å². The lowest BCUT2D eigenvalue weighted by Gasteiger charge is -2.06. The number of rotatable bonds is 4. The van der Waals surface area contributed by atoms with Crippen LogP contribution in [-0.4, -0.2) is 22.2 Å². The topological polar surface area (TPSA) is 72.0 Å². The second-order valence-electron chi connectivity index (χ2n) is 4.58. The second-order valence-corrected chi connectivity index (χ2v) is 6.69. The Morgan fingerprint density at radius 1 is 1.30 bits per heavy atom. The van der Waals surface area contributed by atoms with Gasteiger partial charge in [0.1, 0.15) is 10.7 Å². The molecule has 7 heteroatoms. The molecule has 3 rings (SSSR count). The van der Waals surface area contributed by atoms with Crippen LogP contribution in [0.4, 0.5) is 5.69 Å². The molecule has 0 aliphatic rings. The van der Waals surface area contributed by atoms with E-state index in [-0.39, 0.29) is 5.91 Å². The molecule has 0 fully saturated rings. The fourth-order valence-corrected chi connectivity index (χ4v) is 3.24. The summed E-state index contributed by atoms with van der Waals surface area (Å²) < 4.78 is 0.926. The van der Waals surface area contributed by atoms with E-state index in [9.17, 15) is 9.59 Å². The maximum absolute atomic E-state index is 12.3. The fourth-order valence-electron chi connectivity index (χ4n) is 1.93. The average molecular weight is 435 g/mol. The Balaban J connectivity index is 1.82. The highest BCUT2D eigenvalue weighted by atomic mass is 127. The van der Waals surface area contributed by atoms with Crippen molar-refractivity contribution in [1.82, 2.24) is 9.97 Å². The monoisotopic (exact) mass is 435 g/mol. The van der Waals surface area contributed by atoms with Crippen LogP contribution in [-0.2, 0) is 0 Å². The molecule has 2 aromatic heterocycles. The summed E-state index contributed by atoms with van der Waals surface area (Å²) in [7, 11) is 0. The minimum atomic E-state index is -0.347. The minimum Gasteiger partial charge on any atom is -0.320 e. The number of halogens is 1. The fraction of sp³-hybridized carbons (Fsp3) is 0. The Hall–Kier alpha value is -2.13. The first-order valence-electron chi connectivity index (χ1n) is 6.59. The number of aromatic nitrogens is 2. The number of aldehydes is 1. The van der Waals surface area contributed by atoms with Crippen LogP contribution in [0.15, 0.2) is 48.1 Å². The molecule has 0 saturated carbocycles. The van der Waals surface area contributed by atoms with E-state index in [4.69, 9.17) is 0 Å². The van der Waals surface area contributed by atoms with Gasteiger partial charge in [-0.15, -0.1) is 11.3 Å². The van der Waals surface area contributed by atoms with Crippen LogP contribution >= 0.6 is 33.9 Å². The molecular formula is C16H10IN3O2S. The van der Waals surface area contributed by atoms with Gasteiger partial charge in [-0.1, -0.05) is 0 Å². The summed E-state index contributed by atoms with van der Waals surface area (Å²) in [6.07, 6.45) is 4.10. The van der Waals surface area contributed by atoms with E-state index in [2.05, 4.69) is 37.9 Å². The van der Waals surface area contributed by atoms with Gasteiger partial charge in [-0.05, 0) is 52.9 Å². The predicted molar refractivity (Wildman–Crippen MR) is 97.8 cm³/mol. The summed E-state index contributed by atoms with van der Waals surface area (Å²) in [5, 5.41) is 5.13. The highest BCUT2D eigenvalue weighted by Crippen LogP contribution is 2.24. The van der Waals surface area contributed by atoms with Crippen molar-refractivity contribution in [3.8, 4) is 10.6 Å². The lowest BCUT2D eigenvalue weighted by molar-refractivity contribution is 0.102. The Bertz CT molecular complexity index is 865. The molecule has 1 aromatic carbocycles. The molecule has 3 aromatic rings. The van der Waals surface area contributed by atoms with Crippen LogP contribution < -0.4 is 5.32 Å². The number of nitrogens with one attached hydrogen (secondary N) is 1. The molecule has 0 atom stereocenters. The summed E-state index contributed by atoms with van der Waals surface area (Å²) in [6, 6.07) is 8.95. The summed E-state index contributed by atoms with van der Waals surface area (Å²) >= 11 is 3.48. The van der Waals surface area contributed by atoms with Gasteiger partial charge in [-0.25, -0.2) is 4.98 Å². The number of anilines is 1. The molecule has 0 radical (unpaired) electrons. The van der Waals surface area contributed by atoms with Crippen LogP contribution in [0.1, 0.15) is 20.8 Å². The first-order valence-corrected chi connectivity index (χ1v) is 8.55. The quantitative estimate of drug-likeness (QED) is 0.499. The summed E-state index contributed by atoms with van der Waals surface area (Å²) in [5.41, 5.74) is 2.08. The summed E-state index contributed by atoms with van der Waals surface area (Å²) in [5.74, 6) is -0.347. The molecule has 0 aliphatic carbocycles. The minimum absolute atomic E-state index is 0.309. The van der Waals surface area contributed by atoms with Crippen molar-refractivity contribution >= 4 is 51.8 Å². The van der Waals surface area contributed by atoms with E-state index in [0.717, 1.165) is 20.4 Å². The van der Waals surface area contributed by atoms with Crippen molar-refractivity contribution in [2.75, 3.05) is 5.32 Å². The molecule has 0 saturated heterocycles. The van der Waals surface area contributed by atoms with Gasteiger partial charge >= 0.3 is 0 Å². The number of amides is 1. The summed E-state index contributed by atoms with van der Waals surface area (Å²) in [6.45, 7) is 0. The number of carbonyl (C=O) groups is 2. The highest BCUT2D eigenvalue weighted by Gasteiger charge is 2.14. The Morgan fingerprint density at radius 3 is 2.91 bits per heavy atom. The van der Waals surface area contributed by atoms with Crippen molar-refractivity contribution in [2.45, 2.75) is 0 Å². The molecule has 0 spiro atoms. The van der Waals surface area contributed by atoms with Crippen LogP contribution in [0, 0.1) is 3.57 Å². The zero-order valence-electron chi connectivity index (χ0n) is 11.7. The number of pyridine rings is 1. The molecule has 23 heavy (non-hydrogen) atoms. The molecule has 0 bridgehead atoms. The second kappa shape index (κ2) is 6.97. The third kappa shape index (κ3) is 3.62. The highest BCUT2D eigenvalue weighted by molar-refractivity contribution is 14.1. The van der Waals surface area contributed by atoms with Gasteiger partial charge < -0.3 is 5.32 Å². The van der Waals surface area contributed by atoms with Gasteiger partial charge in [-0.3, -0.25) is 14.6 Å². The maximum atomic E-state index is 12.3. The van der Waals surface area contributed by atoms with E-state index >= 15 is 0 Å². The van der Waals surface area contributed by atoms with Crippen LogP contribution in [0.25, 0.3) is 10.6 Å². The van der Waals surface area contributed by atoms with Gasteiger partial charge in [0.15, 0.2) is 6.29 Å². The van der Waals surface area contributed by atoms with Gasteiger partial charge in [0.25, 0.3) is 5.91 Å². The third-order valence-electron chi connectivity index (χ3n) is 3.03. The SMILES string of the molecule is O=Cc1cc(I)ccc1NC(=O)c1csc(-c2cccnc2)n1. The average Bonchev–Trinajstić information content (AvgIpc) is 3.07. The van der Waals surface area contributed by atoms with Crippen molar-refractivity contribution in [3.05, 3.63) is 62.9 Å². The number of benzene rings is 1. The molecule has 0 aliphatic heterocycles. The molecule has 5 nitrogen and oxygen atoms in total. The number of hydrogen-bond donors (Lipinski definition) is 1. The standard InChI is InChI=1S/C16H10IN3O2S/c17-12-3-4-13(11(6-12)8-21)19-15(22)14-9-23-16(20-14)10-2-1-5-18-7-10/h1-9H,(H,19,22). The number of hydrogen-bond acceptors (Lipinski definition) is 5. The lowest BCUT2D eigenvalue weighted by Crippen LogP contribution is -2.13. The van der Waals surface area contributed by atoms with Gasteiger partial charge in [-0.2, -0.15) is 0 Å². The Kier molecular flexibility index (Phi) is 4.77. The predicted octanol–water partition coefficient (Wildman–Crippen LogP) is 3.87. The van der Waals surface area contributed by atoms with Crippen LogP contribution in [0.2, 0.25) is 0 Å². The molecule has 1 N–H and O–H groups in total. The van der Waals surface area contributed by atoms with Crippen molar-refractivity contribution in [3.63, 3.8) is 0 Å². The van der Waals surface area contributed by atoms with E-state index < -0.39 is 0 Å². The van der Waals surface area contributed by atoms with Gasteiger partial charge in [0.2, 0.25) is 0 Å². The Labute approximate surface area is 149 Å².